The lowest BCUT2D eigenvalue weighted by Crippen LogP contribution is -2.43. The molecule has 0 N–H and O–H groups in total. The Morgan fingerprint density at radius 2 is 1.81 bits per heavy atom. The van der Waals surface area contributed by atoms with E-state index in [1.165, 1.54) is 10.4 Å². The Bertz CT molecular complexity index is 843. The standard InChI is InChI=1S/C18H20ClFN2O3S/c19-17-7-6-15(20)14-18(17)26(23,24)22(16-4-2-1-3-5-16)9-8-21-10-12-25-13-11-21/h1-7,14H,8-13H2. The lowest BCUT2D eigenvalue weighted by molar-refractivity contribution is 0.0395. The van der Waals surface area contributed by atoms with Crippen molar-refractivity contribution >= 4 is 27.3 Å². The smallest absolute Gasteiger partial charge is 0.265 e. The van der Waals surface area contributed by atoms with Crippen LogP contribution in [0.15, 0.2) is 53.4 Å². The van der Waals surface area contributed by atoms with Gasteiger partial charge in [-0.25, -0.2) is 12.8 Å². The maximum atomic E-state index is 13.7. The number of halogens is 2. The molecule has 1 aliphatic heterocycles. The van der Waals surface area contributed by atoms with Gasteiger partial charge in [0.25, 0.3) is 10.0 Å². The molecule has 0 spiro atoms. The topological polar surface area (TPSA) is 49.9 Å². The van der Waals surface area contributed by atoms with E-state index in [2.05, 4.69) is 4.90 Å². The second-order valence-electron chi connectivity index (χ2n) is 5.94. The molecule has 26 heavy (non-hydrogen) atoms. The molecular weight excluding hydrogens is 379 g/mol. The van der Waals surface area contributed by atoms with Crippen LogP contribution in [0.2, 0.25) is 5.02 Å². The Morgan fingerprint density at radius 3 is 2.50 bits per heavy atom. The summed E-state index contributed by atoms with van der Waals surface area (Å²) < 4.78 is 46.7. The van der Waals surface area contributed by atoms with Gasteiger partial charge < -0.3 is 4.74 Å². The second-order valence-corrected chi connectivity index (χ2v) is 8.18. The number of anilines is 1. The normalized spacial score (nSPS) is 15.8. The van der Waals surface area contributed by atoms with Crippen LogP contribution < -0.4 is 4.31 Å². The molecule has 2 aromatic carbocycles. The predicted octanol–water partition coefficient (Wildman–Crippen LogP) is 3.01. The van der Waals surface area contributed by atoms with Gasteiger partial charge in [-0.3, -0.25) is 9.21 Å². The van der Waals surface area contributed by atoms with Crippen molar-refractivity contribution in [2.24, 2.45) is 0 Å². The molecule has 0 atom stereocenters. The van der Waals surface area contributed by atoms with Gasteiger partial charge >= 0.3 is 0 Å². The van der Waals surface area contributed by atoms with Crippen molar-refractivity contribution in [3.63, 3.8) is 0 Å². The first-order chi connectivity index (χ1) is 12.5. The maximum Gasteiger partial charge on any atom is 0.265 e. The number of hydrogen-bond donors (Lipinski definition) is 0. The Hall–Kier alpha value is -1.67. The fraction of sp³-hybridized carbons (Fsp3) is 0.333. The highest BCUT2D eigenvalue weighted by molar-refractivity contribution is 7.93. The molecule has 0 aromatic heterocycles. The first-order valence-electron chi connectivity index (χ1n) is 8.31. The van der Waals surface area contributed by atoms with Crippen LogP contribution in [-0.4, -0.2) is 52.7 Å². The highest BCUT2D eigenvalue weighted by atomic mass is 35.5. The van der Waals surface area contributed by atoms with Crippen LogP contribution in [0.5, 0.6) is 0 Å². The Morgan fingerprint density at radius 1 is 1.12 bits per heavy atom. The molecule has 1 heterocycles. The number of ether oxygens (including phenoxy) is 1. The monoisotopic (exact) mass is 398 g/mol. The van der Waals surface area contributed by atoms with E-state index in [9.17, 15) is 12.8 Å². The van der Waals surface area contributed by atoms with Gasteiger partial charge in [0.05, 0.1) is 23.9 Å². The molecule has 3 rings (SSSR count). The number of hydrogen-bond acceptors (Lipinski definition) is 4. The number of rotatable bonds is 6. The Balaban J connectivity index is 1.92. The fourth-order valence-corrected chi connectivity index (χ4v) is 4.78. The highest BCUT2D eigenvalue weighted by Gasteiger charge is 2.28. The van der Waals surface area contributed by atoms with Gasteiger partial charge in [-0.15, -0.1) is 0 Å². The van der Waals surface area contributed by atoms with Crippen molar-refractivity contribution in [3.8, 4) is 0 Å². The van der Waals surface area contributed by atoms with E-state index < -0.39 is 15.8 Å². The Labute approximate surface area is 158 Å². The van der Waals surface area contributed by atoms with E-state index in [0.29, 0.717) is 25.4 Å². The zero-order chi connectivity index (χ0) is 18.6. The molecule has 8 heteroatoms. The van der Waals surface area contributed by atoms with Crippen molar-refractivity contribution in [2.45, 2.75) is 4.90 Å². The summed E-state index contributed by atoms with van der Waals surface area (Å²) in [6, 6.07) is 12.1. The quantitative estimate of drug-likeness (QED) is 0.750. The third-order valence-corrected chi connectivity index (χ3v) is 6.54. The minimum Gasteiger partial charge on any atom is -0.379 e. The van der Waals surface area contributed by atoms with Crippen LogP contribution in [0, 0.1) is 5.82 Å². The first-order valence-corrected chi connectivity index (χ1v) is 10.1. The maximum absolute atomic E-state index is 13.7. The van der Waals surface area contributed by atoms with E-state index >= 15 is 0 Å². The average molecular weight is 399 g/mol. The molecule has 2 aromatic rings. The van der Waals surface area contributed by atoms with Crippen molar-refractivity contribution in [1.82, 2.24) is 4.90 Å². The van der Waals surface area contributed by atoms with Crippen LogP contribution in [0.3, 0.4) is 0 Å². The highest BCUT2D eigenvalue weighted by Crippen LogP contribution is 2.29. The summed E-state index contributed by atoms with van der Waals surface area (Å²) in [6.07, 6.45) is 0. The third-order valence-electron chi connectivity index (χ3n) is 4.23. The number of sulfonamides is 1. The third kappa shape index (κ3) is 4.35. The zero-order valence-corrected chi connectivity index (χ0v) is 15.7. The van der Waals surface area contributed by atoms with E-state index in [0.717, 1.165) is 25.2 Å². The minimum atomic E-state index is -4.00. The number of benzene rings is 2. The van der Waals surface area contributed by atoms with Crippen molar-refractivity contribution < 1.29 is 17.5 Å². The summed E-state index contributed by atoms with van der Waals surface area (Å²) in [5, 5.41) is -0.00120. The molecular formula is C18H20ClFN2O3S. The van der Waals surface area contributed by atoms with Crippen molar-refractivity contribution in [3.05, 3.63) is 59.4 Å². The first kappa shape index (κ1) is 19.1. The van der Waals surface area contributed by atoms with Gasteiger partial charge in [0.15, 0.2) is 0 Å². The summed E-state index contributed by atoms with van der Waals surface area (Å²) in [7, 11) is -4.00. The molecule has 0 amide bonds. The molecule has 1 aliphatic rings. The zero-order valence-electron chi connectivity index (χ0n) is 14.1. The largest absolute Gasteiger partial charge is 0.379 e. The van der Waals surface area contributed by atoms with Crippen molar-refractivity contribution in [2.75, 3.05) is 43.7 Å². The molecule has 1 fully saturated rings. The van der Waals surface area contributed by atoms with Crippen LogP contribution in [0.25, 0.3) is 0 Å². The Kier molecular flexibility index (Phi) is 6.13. The van der Waals surface area contributed by atoms with Gasteiger partial charge in [0.1, 0.15) is 10.7 Å². The number of morpholine rings is 1. The van der Waals surface area contributed by atoms with E-state index in [4.69, 9.17) is 16.3 Å². The van der Waals surface area contributed by atoms with Crippen LogP contribution in [-0.2, 0) is 14.8 Å². The van der Waals surface area contributed by atoms with Gasteiger partial charge in [-0.2, -0.15) is 0 Å². The summed E-state index contributed by atoms with van der Waals surface area (Å²) in [5.74, 6) is -0.644. The molecule has 1 saturated heterocycles. The molecule has 0 saturated carbocycles. The molecule has 0 radical (unpaired) electrons. The summed E-state index contributed by atoms with van der Waals surface area (Å²) in [4.78, 5) is 1.91. The molecule has 140 valence electrons. The fourth-order valence-electron chi connectivity index (χ4n) is 2.83. The summed E-state index contributed by atoms with van der Waals surface area (Å²) in [5.41, 5.74) is 0.515. The van der Waals surface area contributed by atoms with E-state index in [1.54, 1.807) is 24.3 Å². The van der Waals surface area contributed by atoms with Gasteiger partial charge in [0, 0.05) is 26.2 Å². The average Bonchev–Trinajstić information content (AvgIpc) is 2.65. The van der Waals surface area contributed by atoms with Crippen LogP contribution >= 0.6 is 11.6 Å². The van der Waals surface area contributed by atoms with Gasteiger partial charge in [0.2, 0.25) is 0 Å². The number of para-hydroxylation sites is 1. The summed E-state index contributed by atoms with van der Waals surface area (Å²) >= 11 is 6.06. The van der Waals surface area contributed by atoms with Gasteiger partial charge in [-0.05, 0) is 30.3 Å². The second kappa shape index (κ2) is 8.35. The molecule has 0 bridgehead atoms. The van der Waals surface area contributed by atoms with E-state index in [1.807, 2.05) is 6.07 Å². The van der Waals surface area contributed by atoms with E-state index in [-0.39, 0.29) is 16.5 Å². The van der Waals surface area contributed by atoms with Crippen LogP contribution in [0.1, 0.15) is 0 Å². The van der Waals surface area contributed by atoms with Crippen molar-refractivity contribution in [1.29, 1.82) is 0 Å². The minimum absolute atomic E-state index is 0.00120. The SMILES string of the molecule is O=S(=O)(c1cc(F)ccc1Cl)N(CCN1CCOCC1)c1ccccc1. The van der Waals surface area contributed by atoms with Crippen LogP contribution in [0.4, 0.5) is 10.1 Å². The lowest BCUT2D eigenvalue weighted by Gasteiger charge is -2.30. The molecule has 0 aliphatic carbocycles. The molecule has 0 unspecified atom stereocenters. The molecule has 5 nitrogen and oxygen atoms in total. The van der Waals surface area contributed by atoms with Gasteiger partial charge in [-0.1, -0.05) is 29.8 Å². The lowest BCUT2D eigenvalue weighted by atomic mass is 10.3. The number of nitrogens with zero attached hydrogens (tertiary/aromatic N) is 2. The predicted molar refractivity (Wildman–Crippen MR) is 99.6 cm³/mol. The summed E-state index contributed by atoms with van der Waals surface area (Å²) in [6.45, 7) is 3.55.